The van der Waals surface area contributed by atoms with Crippen LogP contribution in [-0.4, -0.2) is 40.5 Å². The molecule has 3 N–H and O–H groups in total. The molecule has 0 unspecified atom stereocenters. The summed E-state index contributed by atoms with van der Waals surface area (Å²) in [5.74, 6) is -1.19. The van der Waals surface area contributed by atoms with Crippen LogP contribution in [0.5, 0.6) is 0 Å². The van der Waals surface area contributed by atoms with Crippen LogP contribution in [-0.2, 0) is 10.0 Å². The summed E-state index contributed by atoms with van der Waals surface area (Å²) in [5, 5.41) is 15.6. The maximum Gasteiger partial charge on any atom is 0.293 e. The largest absolute Gasteiger partial charge is 0.348 e. The zero-order chi connectivity index (χ0) is 24.7. The Bertz CT molecular complexity index is 1540. The number of primary sulfonamides is 1. The molecule has 1 aliphatic rings. The first-order valence-corrected chi connectivity index (χ1v) is 12.1. The molecule has 1 atom stereocenters. The van der Waals surface area contributed by atoms with Gasteiger partial charge in [0.25, 0.3) is 5.91 Å². The first kappa shape index (κ1) is 22.8. The van der Waals surface area contributed by atoms with Crippen molar-refractivity contribution in [1.29, 1.82) is 0 Å². The number of fused-ring (bicyclic) bond motifs is 1. The summed E-state index contributed by atoms with van der Waals surface area (Å²) in [6, 6.07) is 8.30. The van der Waals surface area contributed by atoms with Crippen LogP contribution in [0.25, 0.3) is 5.65 Å². The highest BCUT2D eigenvalue weighted by atomic mass is 32.2. The number of aromatic nitrogens is 4. The maximum atomic E-state index is 14.4. The minimum Gasteiger partial charge on any atom is -0.348 e. The van der Waals surface area contributed by atoms with Gasteiger partial charge in [-0.3, -0.25) is 9.20 Å². The molecule has 4 aromatic rings. The van der Waals surface area contributed by atoms with Crippen LogP contribution < -0.4 is 15.4 Å². The molecule has 1 aliphatic heterocycles. The van der Waals surface area contributed by atoms with E-state index in [0.29, 0.717) is 30.1 Å². The molecule has 0 aliphatic carbocycles. The summed E-state index contributed by atoms with van der Waals surface area (Å²) in [6.45, 7) is 0.569. The number of benzene rings is 2. The Morgan fingerprint density at radius 2 is 1.89 bits per heavy atom. The number of nitrogens with one attached hydrogen (secondary N) is 1. The molecule has 0 saturated carbocycles. The molecule has 1 amide bonds. The number of halogens is 2. The number of anilines is 2. The summed E-state index contributed by atoms with van der Waals surface area (Å²) in [4.78, 5) is 19.0. The minimum atomic E-state index is -3.86. The fraction of sp³-hybridized carbons (Fsp3) is 0.182. The topological polar surface area (TPSA) is 136 Å². The molecule has 0 spiro atoms. The lowest BCUT2D eigenvalue weighted by Gasteiger charge is -2.26. The van der Waals surface area contributed by atoms with E-state index in [2.05, 4.69) is 20.5 Å². The lowest BCUT2D eigenvalue weighted by molar-refractivity contribution is 0.101. The normalized spacial score (nSPS) is 16.1. The van der Waals surface area contributed by atoms with Crippen molar-refractivity contribution < 1.29 is 22.0 Å². The van der Waals surface area contributed by atoms with E-state index >= 15 is 0 Å². The van der Waals surface area contributed by atoms with E-state index in [-0.39, 0.29) is 16.3 Å². The van der Waals surface area contributed by atoms with Crippen molar-refractivity contribution >= 4 is 33.1 Å². The second-order valence-electron chi connectivity index (χ2n) is 8.04. The predicted octanol–water partition coefficient (Wildman–Crippen LogP) is 2.64. The summed E-state index contributed by atoms with van der Waals surface area (Å²) in [5.41, 5.74) is 0.889. The molecule has 5 rings (SSSR count). The highest BCUT2D eigenvalue weighted by molar-refractivity contribution is 7.89. The first-order valence-electron chi connectivity index (χ1n) is 10.6. The fourth-order valence-electron chi connectivity index (χ4n) is 4.14. The van der Waals surface area contributed by atoms with Crippen LogP contribution in [0.1, 0.15) is 35.1 Å². The van der Waals surface area contributed by atoms with E-state index in [1.807, 2.05) is 4.90 Å². The van der Waals surface area contributed by atoms with Gasteiger partial charge in [-0.25, -0.2) is 27.3 Å². The highest BCUT2D eigenvalue weighted by Gasteiger charge is 2.30. The Morgan fingerprint density at radius 3 is 2.63 bits per heavy atom. The van der Waals surface area contributed by atoms with Crippen molar-refractivity contribution in [2.45, 2.75) is 23.8 Å². The molecule has 13 heteroatoms. The van der Waals surface area contributed by atoms with Crippen molar-refractivity contribution in [3.63, 3.8) is 0 Å². The number of nitrogens with zero attached hydrogens (tertiary/aromatic N) is 5. The maximum absolute atomic E-state index is 14.4. The standard InChI is InChI=1S/C22H19F2N7O3S/c23-13-3-8-17(24)16(10-13)18-2-1-9-30(18)20-12-31-19(11-26-20)28-29-21(31)22(32)27-14-4-6-15(7-5-14)35(25,33)34/h3-8,10-12,18H,1-2,9H2,(H,27,32)(H2,25,33,34)/t18-/m1/s1. The zero-order valence-electron chi connectivity index (χ0n) is 18.1. The summed E-state index contributed by atoms with van der Waals surface area (Å²) in [7, 11) is -3.86. The van der Waals surface area contributed by atoms with Crippen LogP contribution in [0.15, 0.2) is 59.8 Å². The fourth-order valence-corrected chi connectivity index (χ4v) is 4.66. The number of sulfonamides is 1. The Morgan fingerprint density at radius 1 is 1.11 bits per heavy atom. The molecule has 1 fully saturated rings. The average Bonchev–Trinajstić information content (AvgIpc) is 3.47. The second kappa shape index (κ2) is 8.67. The Hall–Kier alpha value is -3.97. The Kier molecular flexibility index (Phi) is 5.65. The van der Waals surface area contributed by atoms with E-state index < -0.39 is 33.6 Å². The third kappa shape index (κ3) is 4.42. The lowest BCUT2D eigenvalue weighted by Crippen LogP contribution is -2.25. The molecule has 180 valence electrons. The molecule has 10 nitrogen and oxygen atoms in total. The first-order chi connectivity index (χ1) is 16.7. The number of amides is 1. The molecular weight excluding hydrogens is 480 g/mol. The van der Waals surface area contributed by atoms with E-state index in [9.17, 15) is 22.0 Å². The van der Waals surface area contributed by atoms with E-state index in [1.165, 1.54) is 40.9 Å². The second-order valence-corrected chi connectivity index (χ2v) is 9.60. The molecule has 35 heavy (non-hydrogen) atoms. The van der Waals surface area contributed by atoms with E-state index in [4.69, 9.17) is 5.14 Å². The molecule has 2 aromatic heterocycles. The van der Waals surface area contributed by atoms with Gasteiger partial charge < -0.3 is 10.2 Å². The monoisotopic (exact) mass is 499 g/mol. The van der Waals surface area contributed by atoms with Crippen LogP contribution in [0.4, 0.5) is 20.3 Å². The van der Waals surface area contributed by atoms with Crippen LogP contribution in [0, 0.1) is 11.6 Å². The Balaban J connectivity index is 1.43. The van der Waals surface area contributed by atoms with Gasteiger partial charge in [-0.05, 0) is 55.3 Å². The average molecular weight is 500 g/mol. The summed E-state index contributed by atoms with van der Waals surface area (Å²) < 4.78 is 52.5. The summed E-state index contributed by atoms with van der Waals surface area (Å²) >= 11 is 0. The molecule has 0 radical (unpaired) electrons. The highest BCUT2D eigenvalue weighted by Crippen LogP contribution is 2.36. The van der Waals surface area contributed by atoms with E-state index in [0.717, 1.165) is 18.6 Å². The van der Waals surface area contributed by atoms with Gasteiger partial charge in [0.1, 0.15) is 17.5 Å². The van der Waals surface area contributed by atoms with Gasteiger partial charge in [0.2, 0.25) is 15.8 Å². The van der Waals surface area contributed by atoms with Crippen molar-refractivity contribution in [2.75, 3.05) is 16.8 Å². The van der Waals surface area contributed by atoms with Gasteiger partial charge in [-0.1, -0.05) is 0 Å². The van der Waals surface area contributed by atoms with Gasteiger partial charge in [-0.15, -0.1) is 10.2 Å². The van der Waals surface area contributed by atoms with Crippen molar-refractivity contribution in [1.82, 2.24) is 19.6 Å². The Labute approximate surface area is 198 Å². The van der Waals surface area contributed by atoms with Crippen LogP contribution >= 0.6 is 0 Å². The third-order valence-electron chi connectivity index (χ3n) is 5.79. The molecule has 2 aromatic carbocycles. The molecular formula is C22H19F2N7O3S. The molecule has 1 saturated heterocycles. The van der Waals surface area contributed by atoms with Gasteiger partial charge in [-0.2, -0.15) is 0 Å². The van der Waals surface area contributed by atoms with Crippen molar-refractivity contribution in [2.24, 2.45) is 5.14 Å². The van der Waals surface area contributed by atoms with Crippen LogP contribution in [0.2, 0.25) is 0 Å². The predicted molar refractivity (Wildman–Crippen MR) is 122 cm³/mol. The number of rotatable bonds is 5. The van der Waals surface area contributed by atoms with Crippen LogP contribution in [0.3, 0.4) is 0 Å². The quantitative estimate of drug-likeness (QED) is 0.431. The van der Waals surface area contributed by atoms with E-state index in [1.54, 1.807) is 6.20 Å². The number of nitrogens with two attached hydrogens (primary N) is 1. The number of carbonyl (C=O) groups is 1. The number of hydrogen-bond acceptors (Lipinski definition) is 7. The van der Waals surface area contributed by atoms with Gasteiger partial charge in [0.05, 0.1) is 23.3 Å². The van der Waals surface area contributed by atoms with Gasteiger partial charge in [0, 0.05) is 17.8 Å². The van der Waals surface area contributed by atoms with Gasteiger partial charge in [0.15, 0.2) is 5.65 Å². The number of carbonyl (C=O) groups excluding carboxylic acids is 1. The zero-order valence-corrected chi connectivity index (χ0v) is 18.9. The number of hydrogen-bond donors (Lipinski definition) is 2. The third-order valence-corrected chi connectivity index (χ3v) is 6.72. The summed E-state index contributed by atoms with van der Waals surface area (Å²) in [6.07, 6.45) is 4.38. The van der Waals surface area contributed by atoms with Gasteiger partial charge >= 0.3 is 0 Å². The lowest BCUT2D eigenvalue weighted by atomic mass is 10.0. The smallest absolute Gasteiger partial charge is 0.293 e. The van der Waals surface area contributed by atoms with Crippen molar-refractivity contribution in [3.05, 3.63) is 77.9 Å². The molecule has 3 heterocycles. The SMILES string of the molecule is NS(=O)(=O)c1ccc(NC(=O)c2nnc3cnc(N4CCC[C@@H]4c4cc(F)ccc4F)cn23)cc1. The molecule has 0 bridgehead atoms. The minimum absolute atomic E-state index is 0.0353. The van der Waals surface area contributed by atoms with Crippen molar-refractivity contribution in [3.8, 4) is 0 Å².